The molecule has 3 N–H and O–H groups in total. The van der Waals surface area contributed by atoms with Gasteiger partial charge in [-0.1, -0.05) is 26.0 Å². The van der Waals surface area contributed by atoms with E-state index in [1.54, 1.807) is 0 Å². The SMILES string of the molecule is CC(C)(CN)c1ccc2cc[nH]c2c1. The topological polar surface area (TPSA) is 41.8 Å². The summed E-state index contributed by atoms with van der Waals surface area (Å²) in [6.45, 7) is 4.99. The van der Waals surface area contributed by atoms with Gasteiger partial charge in [0, 0.05) is 23.7 Å². The Morgan fingerprint density at radius 3 is 2.79 bits per heavy atom. The zero-order chi connectivity index (χ0) is 10.2. The summed E-state index contributed by atoms with van der Waals surface area (Å²) >= 11 is 0. The van der Waals surface area contributed by atoms with Crippen LogP contribution in [-0.2, 0) is 5.41 Å². The third kappa shape index (κ3) is 1.42. The van der Waals surface area contributed by atoms with Crippen molar-refractivity contribution < 1.29 is 0 Å². The number of nitrogens with two attached hydrogens (primary N) is 1. The lowest BCUT2D eigenvalue weighted by atomic mass is 9.84. The largest absolute Gasteiger partial charge is 0.361 e. The van der Waals surface area contributed by atoms with Gasteiger partial charge in [0.1, 0.15) is 0 Å². The summed E-state index contributed by atoms with van der Waals surface area (Å²) in [7, 11) is 0. The molecule has 14 heavy (non-hydrogen) atoms. The molecular weight excluding hydrogens is 172 g/mol. The van der Waals surface area contributed by atoms with Crippen LogP contribution in [0, 0.1) is 0 Å². The maximum absolute atomic E-state index is 5.75. The third-order valence-corrected chi connectivity index (χ3v) is 2.85. The van der Waals surface area contributed by atoms with Crippen molar-refractivity contribution in [3.05, 3.63) is 36.0 Å². The Kier molecular flexibility index (Phi) is 2.08. The molecule has 2 nitrogen and oxygen atoms in total. The van der Waals surface area contributed by atoms with Gasteiger partial charge in [0.2, 0.25) is 0 Å². The van der Waals surface area contributed by atoms with Gasteiger partial charge in [0.25, 0.3) is 0 Å². The molecule has 0 aliphatic rings. The Morgan fingerprint density at radius 1 is 1.29 bits per heavy atom. The number of nitrogens with one attached hydrogen (secondary N) is 1. The first-order valence-corrected chi connectivity index (χ1v) is 4.91. The van der Waals surface area contributed by atoms with Gasteiger partial charge in [-0.3, -0.25) is 0 Å². The van der Waals surface area contributed by atoms with Gasteiger partial charge in [-0.05, 0) is 23.1 Å². The Balaban J connectivity index is 2.53. The predicted octanol–water partition coefficient (Wildman–Crippen LogP) is 2.40. The maximum Gasteiger partial charge on any atom is 0.0456 e. The van der Waals surface area contributed by atoms with Crippen molar-refractivity contribution >= 4 is 10.9 Å². The summed E-state index contributed by atoms with van der Waals surface area (Å²) in [4.78, 5) is 3.22. The highest BCUT2D eigenvalue weighted by molar-refractivity contribution is 5.80. The summed E-state index contributed by atoms with van der Waals surface area (Å²) < 4.78 is 0. The van der Waals surface area contributed by atoms with E-state index in [-0.39, 0.29) is 5.41 Å². The number of aromatic amines is 1. The fourth-order valence-corrected chi connectivity index (χ4v) is 1.59. The fraction of sp³-hybridized carbons (Fsp3) is 0.333. The lowest BCUT2D eigenvalue weighted by molar-refractivity contribution is 0.539. The highest BCUT2D eigenvalue weighted by Gasteiger charge is 2.18. The lowest BCUT2D eigenvalue weighted by Crippen LogP contribution is -2.27. The Morgan fingerprint density at radius 2 is 2.07 bits per heavy atom. The van der Waals surface area contributed by atoms with Crippen molar-refractivity contribution in [3.63, 3.8) is 0 Å². The molecule has 2 rings (SSSR count). The highest BCUT2D eigenvalue weighted by Crippen LogP contribution is 2.24. The molecule has 0 saturated carbocycles. The number of rotatable bonds is 2. The van der Waals surface area contributed by atoms with Gasteiger partial charge < -0.3 is 10.7 Å². The minimum atomic E-state index is 0.0549. The van der Waals surface area contributed by atoms with Crippen LogP contribution < -0.4 is 5.73 Å². The molecule has 0 unspecified atom stereocenters. The predicted molar refractivity (Wildman–Crippen MR) is 60.4 cm³/mol. The molecule has 0 radical (unpaired) electrons. The molecule has 0 aliphatic carbocycles. The van der Waals surface area contributed by atoms with E-state index < -0.39 is 0 Å². The van der Waals surface area contributed by atoms with E-state index in [4.69, 9.17) is 5.73 Å². The van der Waals surface area contributed by atoms with Gasteiger partial charge in [0.05, 0.1) is 0 Å². The zero-order valence-corrected chi connectivity index (χ0v) is 8.67. The molecule has 2 heteroatoms. The molecule has 0 fully saturated rings. The normalized spacial score (nSPS) is 12.2. The summed E-state index contributed by atoms with van der Waals surface area (Å²) in [6, 6.07) is 8.55. The molecule has 0 spiro atoms. The standard InChI is InChI=1S/C12H16N2/c1-12(2,8-13)10-4-3-9-5-6-14-11(9)7-10/h3-7,14H,8,13H2,1-2H3. The first-order valence-electron chi connectivity index (χ1n) is 4.91. The number of benzene rings is 1. The molecule has 0 amide bonds. The summed E-state index contributed by atoms with van der Waals surface area (Å²) in [6.07, 6.45) is 1.96. The summed E-state index contributed by atoms with van der Waals surface area (Å²) in [5, 5.41) is 1.25. The summed E-state index contributed by atoms with van der Waals surface area (Å²) in [5.74, 6) is 0. The van der Waals surface area contributed by atoms with Crippen molar-refractivity contribution in [1.82, 2.24) is 4.98 Å². The number of fused-ring (bicyclic) bond motifs is 1. The van der Waals surface area contributed by atoms with Crippen molar-refractivity contribution in [3.8, 4) is 0 Å². The Bertz CT molecular complexity index is 440. The quantitative estimate of drug-likeness (QED) is 0.746. The molecule has 0 saturated heterocycles. The number of H-pyrrole nitrogens is 1. The van der Waals surface area contributed by atoms with Crippen LogP contribution in [0.1, 0.15) is 19.4 Å². The highest BCUT2D eigenvalue weighted by atomic mass is 14.7. The molecule has 1 heterocycles. The monoisotopic (exact) mass is 188 g/mol. The Labute approximate surface area is 84.1 Å². The van der Waals surface area contributed by atoms with Crippen molar-refractivity contribution in [1.29, 1.82) is 0 Å². The molecule has 0 aliphatic heterocycles. The van der Waals surface area contributed by atoms with Crippen LogP contribution in [-0.4, -0.2) is 11.5 Å². The maximum atomic E-state index is 5.75. The number of aromatic nitrogens is 1. The lowest BCUT2D eigenvalue weighted by Gasteiger charge is -2.22. The number of hydrogen-bond donors (Lipinski definition) is 2. The van der Waals surface area contributed by atoms with Crippen LogP contribution in [0.4, 0.5) is 0 Å². The van der Waals surface area contributed by atoms with Crippen molar-refractivity contribution in [2.45, 2.75) is 19.3 Å². The van der Waals surface area contributed by atoms with E-state index in [9.17, 15) is 0 Å². The second-order valence-electron chi connectivity index (χ2n) is 4.37. The van der Waals surface area contributed by atoms with Crippen LogP contribution >= 0.6 is 0 Å². The molecule has 1 aromatic heterocycles. The van der Waals surface area contributed by atoms with Gasteiger partial charge in [0.15, 0.2) is 0 Å². The first-order chi connectivity index (χ1) is 6.63. The zero-order valence-electron chi connectivity index (χ0n) is 8.67. The molecule has 0 atom stereocenters. The summed E-state index contributed by atoms with van der Waals surface area (Å²) in [5.41, 5.74) is 8.27. The minimum absolute atomic E-state index is 0.0549. The van der Waals surface area contributed by atoms with Gasteiger partial charge in [-0.15, -0.1) is 0 Å². The van der Waals surface area contributed by atoms with E-state index in [0.29, 0.717) is 6.54 Å². The van der Waals surface area contributed by atoms with Crippen molar-refractivity contribution in [2.75, 3.05) is 6.54 Å². The minimum Gasteiger partial charge on any atom is -0.361 e. The second-order valence-corrected chi connectivity index (χ2v) is 4.37. The van der Waals surface area contributed by atoms with Crippen LogP contribution in [0.3, 0.4) is 0 Å². The second kappa shape index (κ2) is 3.14. The van der Waals surface area contributed by atoms with Crippen LogP contribution in [0.15, 0.2) is 30.5 Å². The molecule has 2 aromatic rings. The number of hydrogen-bond acceptors (Lipinski definition) is 1. The average Bonchev–Trinajstić information content (AvgIpc) is 2.64. The van der Waals surface area contributed by atoms with Crippen LogP contribution in [0.5, 0.6) is 0 Å². The molecular formula is C12H16N2. The van der Waals surface area contributed by atoms with Gasteiger partial charge >= 0.3 is 0 Å². The molecule has 74 valence electrons. The Hall–Kier alpha value is -1.28. The van der Waals surface area contributed by atoms with Gasteiger partial charge in [-0.25, -0.2) is 0 Å². The van der Waals surface area contributed by atoms with Crippen molar-refractivity contribution in [2.24, 2.45) is 5.73 Å². The molecule has 1 aromatic carbocycles. The van der Waals surface area contributed by atoms with E-state index in [1.165, 1.54) is 16.5 Å². The van der Waals surface area contributed by atoms with E-state index in [0.717, 1.165) is 0 Å². The first kappa shape index (κ1) is 9.28. The fourth-order valence-electron chi connectivity index (χ4n) is 1.59. The van der Waals surface area contributed by atoms with E-state index >= 15 is 0 Å². The smallest absolute Gasteiger partial charge is 0.0456 e. The third-order valence-electron chi connectivity index (χ3n) is 2.85. The average molecular weight is 188 g/mol. The van der Waals surface area contributed by atoms with Crippen LogP contribution in [0.25, 0.3) is 10.9 Å². The van der Waals surface area contributed by atoms with E-state index in [1.807, 2.05) is 6.20 Å². The van der Waals surface area contributed by atoms with E-state index in [2.05, 4.69) is 43.1 Å². The van der Waals surface area contributed by atoms with Crippen LogP contribution in [0.2, 0.25) is 0 Å². The van der Waals surface area contributed by atoms with Gasteiger partial charge in [-0.2, -0.15) is 0 Å². The molecule has 0 bridgehead atoms.